The minimum Gasteiger partial charge on any atom is -0.493 e. The number of fused-ring (bicyclic) bond motifs is 2. The first-order chi connectivity index (χ1) is 12.2. The number of hydrogen-bond acceptors (Lipinski definition) is 5. The van der Waals surface area contributed by atoms with Crippen LogP contribution in [0.5, 0.6) is 17.2 Å². The number of carbonyl (C=O) groups excluding carboxylic acids is 1. The summed E-state index contributed by atoms with van der Waals surface area (Å²) in [5.41, 5.74) is 2.46. The van der Waals surface area contributed by atoms with Gasteiger partial charge >= 0.3 is 0 Å². The Bertz CT molecular complexity index is 964. The number of nitrogens with zero attached hydrogens (tertiary/aromatic N) is 2. The van der Waals surface area contributed by atoms with Crippen molar-refractivity contribution >= 4 is 17.2 Å². The van der Waals surface area contributed by atoms with Crippen molar-refractivity contribution in [2.45, 2.75) is 13.3 Å². The molecule has 0 fully saturated rings. The van der Waals surface area contributed by atoms with Crippen molar-refractivity contribution in [3.63, 3.8) is 0 Å². The predicted octanol–water partition coefficient (Wildman–Crippen LogP) is 2.89. The smallest absolute Gasteiger partial charge is 0.274 e. The molecule has 7 nitrogen and oxygen atoms in total. The van der Waals surface area contributed by atoms with E-state index in [1.807, 2.05) is 19.1 Å². The van der Waals surface area contributed by atoms with E-state index in [1.165, 1.54) is 0 Å². The molecule has 0 unspecified atom stereocenters. The number of ether oxygens (including phenoxy) is 3. The Morgan fingerprint density at radius 2 is 2.16 bits per heavy atom. The van der Waals surface area contributed by atoms with Gasteiger partial charge in [-0.2, -0.15) is 0 Å². The Morgan fingerprint density at radius 3 is 2.96 bits per heavy atom. The molecule has 0 radical (unpaired) electrons. The third-order valence-corrected chi connectivity index (χ3v) is 4.09. The van der Waals surface area contributed by atoms with Crippen molar-refractivity contribution < 1.29 is 19.0 Å². The third-order valence-electron chi connectivity index (χ3n) is 4.09. The third kappa shape index (κ3) is 2.53. The maximum atomic E-state index is 12.9. The summed E-state index contributed by atoms with van der Waals surface area (Å²) in [4.78, 5) is 17.4. The van der Waals surface area contributed by atoms with Crippen LogP contribution < -0.4 is 19.5 Å². The highest BCUT2D eigenvalue weighted by atomic mass is 16.7. The Labute approximate surface area is 144 Å². The van der Waals surface area contributed by atoms with E-state index >= 15 is 0 Å². The molecule has 0 atom stereocenters. The first kappa shape index (κ1) is 15.3. The predicted molar refractivity (Wildman–Crippen MR) is 91.6 cm³/mol. The fourth-order valence-corrected chi connectivity index (χ4v) is 2.90. The molecule has 0 saturated carbocycles. The second-order valence-corrected chi connectivity index (χ2v) is 5.55. The Hall–Kier alpha value is -3.22. The molecule has 3 aromatic rings. The molecule has 1 aliphatic rings. The van der Waals surface area contributed by atoms with E-state index in [4.69, 9.17) is 14.2 Å². The number of imidazole rings is 1. The fraction of sp³-hybridized carbons (Fsp3) is 0.222. The highest BCUT2D eigenvalue weighted by Crippen LogP contribution is 2.34. The lowest BCUT2D eigenvalue weighted by Gasteiger charge is -2.08. The molecule has 3 heterocycles. The number of methoxy groups -OCH3 is 1. The van der Waals surface area contributed by atoms with E-state index in [-0.39, 0.29) is 12.7 Å². The minimum atomic E-state index is -0.239. The number of aryl methyl sites for hydroxylation is 1. The van der Waals surface area contributed by atoms with Crippen molar-refractivity contribution in [3.05, 3.63) is 47.9 Å². The van der Waals surface area contributed by atoms with Crippen molar-refractivity contribution in [1.29, 1.82) is 0 Å². The van der Waals surface area contributed by atoms with Crippen LogP contribution in [0.25, 0.3) is 5.65 Å². The molecule has 0 spiro atoms. The number of anilines is 1. The molecular weight excluding hydrogens is 322 g/mol. The van der Waals surface area contributed by atoms with Crippen LogP contribution in [0.15, 0.2) is 36.5 Å². The van der Waals surface area contributed by atoms with Crippen LogP contribution in [-0.2, 0) is 6.42 Å². The Morgan fingerprint density at radius 1 is 1.32 bits per heavy atom. The minimum absolute atomic E-state index is 0.194. The van der Waals surface area contributed by atoms with Crippen LogP contribution in [0.4, 0.5) is 5.69 Å². The van der Waals surface area contributed by atoms with Gasteiger partial charge in [0.15, 0.2) is 22.9 Å². The average molecular weight is 339 g/mol. The van der Waals surface area contributed by atoms with Gasteiger partial charge in [0, 0.05) is 18.0 Å². The van der Waals surface area contributed by atoms with E-state index in [1.54, 1.807) is 35.9 Å². The van der Waals surface area contributed by atoms with Gasteiger partial charge in [-0.1, -0.05) is 6.92 Å². The topological polar surface area (TPSA) is 74.1 Å². The maximum Gasteiger partial charge on any atom is 0.274 e. The monoisotopic (exact) mass is 339 g/mol. The molecule has 1 N–H and O–H groups in total. The van der Waals surface area contributed by atoms with Crippen LogP contribution in [0, 0.1) is 0 Å². The number of rotatable bonds is 4. The normalized spacial score (nSPS) is 12.4. The van der Waals surface area contributed by atoms with Crippen LogP contribution >= 0.6 is 0 Å². The first-order valence-corrected chi connectivity index (χ1v) is 7.96. The van der Waals surface area contributed by atoms with Gasteiger partial charge in [-0.05, 0) is 30.7 Å². The number of hydrogen-bond donors (Lipinski definition) is 1. The van der Waals surface area contributed by atoms with Gasteiger partial charge in [-0.15, -0.1) is 0 Å². The second-order valence-electron chi connectivity index (χ2n) is 5.55. The number of amides is 1. The van der Waals surface area contributed by atoms with Crippen molar-refractivity contribution in [2.75, 3.05) is 19.2 Å². The van der Waals surface area contributed by atoms with Crippen molar-refractivity contribution in [1.82, 2.24) is 9.38 Å². The van der Waals surface area contributed by atoms with Gasteiger partial charge in [0.05, 0.1) is 12.8 Å². The lowest BCUT2D eigenvalue weighted by Crippen LogP contribution is -2.16. The summed E-state index contributed by atoms with van der Waals surface area (Å²) in [5.74, 6) is 1.68. The summed E-state index contributed by atoms with van der Waals surface area (Å²) in [5, 5.41) is 2.90. The van der Waals surface area contributed by atoms with Gasteiger partial charge in [0.1, 0.15) is 5.69 Å². The number of pyridine rings is 1. The zero-order valence-corrected chi connectivity index (χ0v) is 13.9. The van der Waals surface area contributed by atoms with Crippen LogP contribution in [0.2, 0.25) is 0 Å². The molecule has 128 valence electrons. The Kier molecular flexibility index (Phi) is 3.68. The number of nitrogens with one attached hydrogen (secondary N) is 1. The number of carbonyl (C=O) groups is 1. The van der Waals surface area contributed by atoms with Gasteiger partial charge in [0.25, 0.3) is 5.91 Å². The van der Waals surface area contributed by atoms with Crippen LogP contribution in [0.1, 0.15) is 23.1 Å². The molecule has 7 heteroatoms. The zero-order valence-electron chi connectivity index (χ0n) is 13.9. The standard InChI is InChI=1S/C18H17N3O4/c1-3-12-16(21-8-4-5-14(23-2)17(21)20-12)18(22)19-11-6-7-13-15(9-11)25-10-24-13/h4-9H,3,10H2,1-2H3,(H,19,22). The van der Waals surface area contributed by atoms with Gasteiger partial charge in [-0.3, -0.25) is 9.20 Å². The average Bonchev–Trinajstić information content (AvgIpc) is 3.24. The number of aromatic nitrogens is 2. The fourth-order valence-electron chi connectivity index (χ4n) is 2.90. The molecule has 0 aliphatic carbocycles. The Balaban J connectivity index is 1.72. The van der Waals surface area contributed by atoms with Crippen molar-refractivity contribution in [2.24, 2.45) is 0 Å². The first-order valence-electron chi connectivity index (χ1n) is 7.96. The van der Waals surface area contributed by atoms with E-state index in [0.29, 0.717) is 46.4 Å². The lowest BCUT2D eigenvalue weighted by molar-refractivity contribution is 0.102. The second kappa shape index (κ2) is 6.01. The van der Waals surface area contributed by atoms with E-state index in [0.717, 1.165) is 0 Å². The maximum absolute atomic E-state index is 12.9. The van der Waals surface area contributed by atoms with E-state index < -0.39 is 0 Å². The van der Waals surface area contributed by atoms with Crippen LogP contribution in [0.3, 0.4) is 0 Å². The lowest BCUT2D eigenvalue weighted by atomic mass is 10.2. The highest BCUT2D eigenvalue weighted by molar-refractivity contribution is 6.04. The van der Waals surface area contributed by atoms with Crippen LogP contribution in [-0.4, -0.2) is 29.2 Å². The number of benzene rings is 1. The summed E-state index contributed by atoms with van der Waals surface area (Å²) in [6.45, 7) is 2.16. The summed E-state index contributed by atoms with van der Waals surface area (Å²) in [6.07, 6.45) is 2.44. The molecule has 25 heavy (non-hydrogen) atoms. The summed E-state index contributed by atoms with van der Waals surface area (Å²) >= 11 is 0. The molecular formula is C18H17N3O4. The summed E-state index contributed by atoms with van der Waals surface area (Å²) in [6, 6.07) is 8.94. The van der Waals surface area contributed by atoms with Crippen molar-refractivity contribution in [3.8, 4) is 17.2 Å². The quantitative estimate of drug-likeness (QED) is 0.791. The SMILES string of the molecule is CCc1nc2c(OC)cccn2c1C(=O)Nc1ccc2c(c1)OCO2. The molecule has 2 aromatic heterocycles. The summed E-state index contributed by atoms with van der Waals surface area (Å²) < 4.78 is 17.7. The highest BCUT2D eigenvalue weighted by Gasteiger charge is 2.21. The zero-order chi connectivity index (χ0) is 17.4. The molecule has 0 bridgehead atoms. The molecule has 4 rings (SSSR count). The molecule has 1 aliphatic heterocycles. The molecule has 0 saturated heterocycles. The van der Waals surface area contributed by atoms with Gasteiger partial charge in [-0.25, -0.2) is 4.98 Å². The van der Waals surface area contributed by atoms with Gasteiger partial charge in [0.2, 0.25) is 6.79 Å². The molecule has 1 aromatic carbocycles. The van der Waals surface area contributed by atoms with E-state index in [2.05, 4.69) is 10.3 Å². The van der Waals surface area contributed by atoms with E-state index in [9.17, 15) is 4.79 Å². The van der Waals surface area contributed by atoms with Gasteiger partial charge < -0.3 is 19.5 Å². The summed E-state index contributed by atoms with van der Waals surface area (Å²) in [7, 11) is 1.59. The molecule has 1 amide bonds. The largest absolute Gasteiger partial charge is 0.493 e.